The number of rotatable bonds is 10. The molecule has 1 aliphatic rings. The summed E-state index contributed by atoms with van der Waals surface area (Å²) in [6, 6.07) is 0. The number of hydrogen-bond acceptors (Lipinski definition) is 4. The molecule has 24 heavy (non-hydrogen) atoms. The molecule has 4 heteroatoms. The topological polar surface area (TPSA) is 52.6 Å². The minimum Gasteiger partial charge on any atom is -0.465 e. The number of unbranched alkanes of at least 4 members (excludes halogenated alkanes) is 1. The zero-order valence-electron chi connectivity index (χ0n) is 15.8. The van der Waals surface area contributed by atoms with Crippen molar-refractivity contribution in [2.75, 3.05) is 6.61 Å². The quantitative estimate of drug-likeness (QED) is 0.429. The molecule has 1 rings (SSSR count). The summed E-state index contributed by atoms with van der Waals surface area (Å²) in [6.07, 6.45) is 10.1. The molecule has 0 heterocycles. The Labute approximate surface area is 147 Å². The number of esters is 2. The third kappa shape index (κ3) is 6.66. The molecule has 0 N–H and O–H groups in total. The van der Waals surface area contributed by atoms with Gasteiger partial charge in [0.05, 0.1) is 24.5 Å². The number of ether oxygens (including phenoxy) is 2. The number of allylic oxidation sites excluding steroid dienone is 2. The van der Waals surface area contributed by atoms with E-state index >= 15 is 0 Å². The average molecular weight is 338 g/mol. The number of carbonyl (C=O) groups excluding carboxylic acids is 2. The van der Waals surface area contributed by atoms with Gasteiger partial charge in [0, 0.05) is 0 Å². The molecule has 0 amide bonds. The van der Waals surface area contributed by atoms with Crippen LogP contribution in [-0.4, -0.2) is 24.6 Å². The van der Waals surface area contributed by atoms with E-state index in [1.165, 1.54) is 0 Å². The Morgan fingerprint density at radius 2 is 1.67 bits per heavy atom. The fourth-order valence-electron chi connectivity index (χ4n) is 2.91. The van der Waals surface area contributed by atoms with Gasteiger partial charge in [-0.1, -0.05) is 52.2 Å². The van der Waals surface area contributed by atoms with Crippen molar-refractivity contribution in [2.24, 2.45) is 17.8 Å². The molecule has 0 saturated heterocycles. The van der Waals surface area contributed by atoms with Gasteiger partial charge in [0.15, 0.2) is 0 Å². The van der Waals surface area contributed by atoms with Crippen molar-refractivity contribution in [3.05, 3.63) is 12.2 Å². The lowest BCUT2D eigenvalue weighted by Crippen LogP contribution is -2.35. The fourth-order valence-corrected chi connectivity index (χ4v) is 2.91. The standard InChI is InChI=1S/C20H34O4/c1-5-8-11-16(7-3)14-23-19(21)17-12-9-10-13-18(17)20(22)24-15(4)6-2/h9-10,15-18H,5-8,11-14H2,1-4H3. The van der Waals surface area contributed by atoms with Crippen LogP contribution >= 0.6 is 0 Å². The minimum absolute atomic E-state index is 0.112. The summed E-state index contributed by atoms with van der Waals surface area (Å²) >= 11 is 0. The second-order valence-electron chi connectivity index (χ2n) is 6.86. The van der Waals surface area contributed by atoms with E-state index in [2.05, 4.69) is 13.8 Å². The largest absolute Gasteiger partial charge is 0.465 e. The van der Waals surface area contributed by atoms with Gasteiger partial charge in [-0.2, -0.15) is 0 Å². The van der Waals surface area contributed by atoms with Gasteiger partial charge in [-0.05, 0) is 38.5 Å². The van der Waals surface area contributed by atoms with Gasteiger partial charge in [-0.15, -0.1) is 0 Å². The van der Waals surface area contributed by atoms with Crippen molar-refractivity contribution >= 4 is 11.9 Å². The van der Waals surface area contributed by atoms with E-state index in [1.807, 2.05) is 26.0 Å². The summed E-state index contributed by atoms with van der Waals surface area (Å²) < 4.78 is 11.0. The molecule has 0 aromatic heterocycles. The van der Waals surface area contributed by atoms with Crippen LogP contribution in [0.3, 0.4) is 0 Å². The number of hydrogen-bond donors (Lipinski definition) is 0. The van der Waals surface area contributed by atoms with Crippen molar-refractivity contribution in [3.8, 4) is 0 Å². The van der Waals surface area contributed by atoms with E-state index in [0.29, 0.717) is 25.4 Å². The van der Waals surface area contributed by atoms with Crippen LogP contribution in [0.4, 0.5) is 0 Å². The molecule has 0 spiro atoms. The van der Waals surface area contributed by atoms with Gasteiger partial charge < -0.3 is 9.47 Å². The molecule has 0 aliphatic heterocycles. The molecule has 1 aliphatic carbocycles. The summed E-state index contributed by atoms with van der Waals surface area (Å²) in [6.45, 7) is 8.61. The Kier molecular flexibility index (Phi) is 9.73. The van der Waals surface area contributed by atoms with Crippen molar-refractivity contribution in [2.45, 2.75) is 78.7 Å². The van der Waals surface area contributed by atoms with Crippen LogP contribution < -0.4 is 0 Å². The van der Waals surface area contributed by atoms with Crippen LogP contribution in [0.5, 0.6) is 0 Å². The van der Waals surface area contributed by atoms with Crippen LogP contribution in [0, 0.1) is 17.8 Å². The Morgan fingerprint density at radius 1 is 1.04 bits per heavy atom. The van der Waals surface area contributed by atoms with Crippen molar-refractivity contribution in [1.82, 2.24) is 0 Å². The Hall–Kier alpha value is -1.32. The zero-order valence-corrected chi connectivity index (χ0v) is 15.8. The molecule has 0 aromatic carbocycles. The maximum Gasteiger partial charge on any atom is 0.310 e. The van der Waals surface area contributed by atoms with Gasteiger partial charge in [-0.25, -0.2) is 0 Å². The van der Waals surface area contributed by atoms with Crippen molar-refractivity contribution in [3.63, 3.8) is 0 Å². The lowest BCUT2D eigenvalue weighted by Gasteiger charge is -2.27. The third-order valence-corrected chi connectivity index (χ3v) is 4.93. The highest BCUT2D eigenvalue weighted by atomic mass is 16.5. The third-order valence-electron chi connectivity index (χ3n) is 4.93. The molecule has 4 unspecified atom stereocenters. The van der Waals surface area contributed by atoms with E-state index in [-0.39, 0.29) is 18.0 Å². The van der Waals surface area contributed by atoms with E-state index in [4.69, 9.17) is 9.47 Å². The minimum atomic E-state index is -0.410. The first kappa shape index (κ1) is 20.7. The molecular weight excluding hydrogens is 304 g/mol. The smallest absolute Gasteiger partial charge is 0.310 e. The normalized spacial score (nSPS) is 22.7. The highest BCUT2D eigenvalue weighted by Gasteiger charge is 2.36. The van der Waals surface area contributed by atoms with Crippen LogP contribution in [0.2, 0.25) is 0 Å². The van der Waals surface area contributed by atoms with Crippen LogP contribution in [0.15, 0.2) is 12.2 Å². The summed E-state index contributed by atoms with van der Waals surface area (Å²) in [5.41, 5.74) is 0. The molecular formula is C20H34O4. The van der Waals surface area contributed by atoms with Gasteiger partial charge in [0.1, 0.15) is 0 Å². The molecule has 0 radical (unpaired) electrons. The van der Waals surface area contributed by atoms with E-state index in [0.717, 1.165) is 32.1 Å². The van der Waals surface area contributed by atoms with Crippen molar-refractivity contribution < 1.29 is 19.1 Å². The molecule has 0 fully saturated rings. The van der Waals surface area contributed by atoms with Crippen LogP contribution in [0.25, 0.3) is 0 Å². The number of carbonyl (C=O) groups is 2. The molecule has 0 aromatic rings. The first-order valence-corrected chi connectivity index (χ1v) is 9.55. The van der Waals surface area contributed by atoms with E-state index in [1.54, 1.807) is 0 Å². The first-order valence-electron chi connectivity index (χ1n) is 9.55. The van der Waals surface area contributed by atoms with Gasteiger partial charge in [0.25, 0.3) is 0 Å². The highest BCUT2D eigenvalue weighted by Crippen LogP contribution is 2.29. The van der Waals surface area contributed by atoms with Crippen LogP contribution in [-0.2, 0) is 19.1 Å². The molecule has 0 saturated carbocycles. The predicted octanol–water partition coefficient (Wildman–Crippen LogP) is 4.67. The van der Waals surface area contributed by atoms with Crippen molar-refractivity contribution in [1.29, 1.82) is 0 Å². The first-order chi connectivity index (χ1) is 11.5. The summed E-state index contributed by atoms with van der Waals surface area (Å²) in [5.74, 6) is -0.921. The molecule has 138 valence electrons. The predicted molar refractivity (Wildman–Crippen MR) is 95.5 cm³/mol. The summed E-state index contributed by atoms with van der Waals surface area (Å²) in [7, 11) is 0. The van der Waals surface area contributed by atoms with Crippen LogP contribution in [0.1, 0.15) is 72.6 Å². The van der Waals surface area contributed by atoms with Gasteiger partial charge in [0.2, 0.25) is 0 Å². The lowest BCUT2D eigenvalue weighted by molar-refractivity contribution is -0.164. The van der Waals surface area contributed by atoms with E-state index in [9.17, 15) is 9.59 Å². The molecule has 0 bridgehead atoms. The van der Waals surface area contributed by atoms with Gasteiger partial charge in [-0.3, -0.25) is 9.59 Å². The molecule has 4 atom stereocenters. The Balaban J connectivity index is 2.58. The Morgan fingerprint density at radius 3 is 2.21 bits per heavy atom. The SMILES string of the molecule is CCCCC(CC)COC(=O)C1CC=CCC1C(=O)OC(C)CC. The highest BCUT2D eigenvalue weighted by molar-refractivity contribution is 5.82. The maximum absolute atomic E-state index is 12.5. The summed E-state index contributed by atoms with van der Waals surface area (Å²) in [5, 5.41) is 0. The average Bonchev–Trinajstić information content (AvgIpc) is 2.61. The monoisotopic (exact) mass is 338 g/mol. The summed E-state index contributed by atoms with van der Waals surface area (Å²) in [4.78, 5) is 24.9. The molecule has 4 nitrogen and oxygen atoms in total. The second-order valence-corrected chi connectivity index (χ2v) is 6.86. The van der Waals surface area contributed by atoms with Gasteiger partial charge >= 0.3 is 11.9 Å². The lowest BCUT2D eigenvalue weighted by atomic mass is 9.83. The zero-order chi connectivity index (χ0) is 17.9. The van der Waals surface area contributed by atoms with E-state index < -0.39 is 11.8 Å². The Bertz CT molecular complexity index is 416. The fraction of sp³-hybridized carbons (Fsp3) is 0.800. The second kappa shape index (κ2) is 11.3. The maximum atomic E-state index is 12.5.